The van der Waals surface area contributed by atoms with Crippen molar-refractivity contribution in [3.63, 3.8) is 0 Å². The van der Waals surface area contributed by atoms with Crippen LogP contribution in [0.1, 0.15) is 43.2 Å². The summed E-state index contributed by atoms with van der Waals surface area (Å²) in [6, 6.07) is 5.41. The van der Waals surface area contributed by atoms with Gasteiger partial charge in [-0.2, -0.15) is 26.3 Å². The quantitative estimate of drug-likeness (QED) is 0.522. The average Bonchev–Trinajstić information content (AvgIpc) is 2.81. The van der Waals surface area contributed by atoms with Gasteiger partial charge in [0, 0.05) is 45.0 Å². The van der Waals surface area contributed by atoms with Gasteiger partial charge in [0.05, 0.1) is 0 Å². The number of halogens is 6. The van der Waals surface area contributed by atoms with Crippen LogP contribution < -0.4 is 4.90 Å². The number of hydrogen-bond acceptors (Lipinski definition) is 5. The maximum absolute atomic E-state index is 12.7. The number of ether oxygens (including phenoxy) is 1. The van der Waals surface area contributed by atoms with Gasteiger partial charge < -0.3 is 19.6 Å². The predicted molar refractivity (Wildman–Crippen MR) is 125 cm³/mol. The van der Waals surface area contributed by atoms with Crippen molar-refractivity contribution in [1.82, 2.24) is 9.80 Å². The van der Waals surface area contributed by atoms with Gasteiger partial charge in [-0.15, -0.1) is 0 Å². The third kappa shape index (κ3) is 6.13. The first-order valence-electron chi connectivity index (χ1n) is 12.6. The molecule has 1 aromatic rings. The number of alkyl halides is 6. The molecule has 212 valence electrons. The summed E-state index contributed by atoms with van der Waals surface area (Å²) in [5.74, 6) is -0.845. The van der Waals surface area contributed by atoms with Crippen LogP contribution in [0, 0.1) is 12.3 Å². The number of nitrogens with zero attached hydrogens (tertiary/aromatic N) is 3. The monoisotopic (exact) mass is 551 g/mol. The van der Waals surface area contributed by atoms with Crippen LogP contribution in [0.4, 0.5) is 36.8 Å². The first kappa shape index (κ1) is 28.3. The number of rotatable bonds is 5. The summed E-state index contributed by atoms with van der Waals surface area (Å²) in [6.45, 7) is 4.56. The number of likely N-dealkylation sites (tertiary alicyclic amines) is 2. The lowest BCUT2D eigenvalue weighted by molar-refractivity contribution is -0.308. The van der Waals surface area contributed by atoms with Crippen molar-refractivity contribution in [3.8, 4) is 0 Å². The predicted octanol–water partition coefficient (Wildman–Crippen LogP) is 4.97. The highest BCUT2D eigenvalue weighted by Crippen LogP contribution is 2.43. The SMILES string of the molecule is Cc1ccc(CN2CC3(CCN(C(=O)OC(C(F)(F)F)C(F)(F)F)CC3)C2)c(N2CCCCC2C(=O)O)c1. The molecule has 3 aliphatic rings. The molecule has 0 saturated carbocycles. The summed E-state index contributed by atoms with van der Waals surface area (Å²) in [7, 11) is 0. The fourth-order valence-electron chi connectivity index (χ4n) is 5.78. The Morgan fingerprint density at radius 2 is 1.68 bits per heavy atom. The van der Waals surface area contributed by atoms with E-state index in [1.165, 1.54) is 0 Å². The number of carboxylic acid groups (broad SMARTS) is 1. The molecule has 38 heavy (non-hydrogen) atoms. The second-order valence-corrected chi connectivity index (χ2v) is 10.7. The van der Waals surface area contributed by atoms with Crippen LogP contribution in [-0.4, -0.2) is 84.2 Å². The lowest BCUT2D eigenvalue weighted by Gasteiger charge is -2.54. The Morgan fingerprint density at radius 1 is 1.05 bits per heavy atom. The van der Waals surface area contributed by atoms with Crippen LogP contribution in [0.15, 0.2) is 18.2 Å². The molecule has 0 radical (unpaired) electrons. The van der Waals surface area contributed by atoms with E-state index in [-0.39, 0.29) is 18.5 Å². The number of aliphatic carboxylic acids is 1. The number of piperidine rings is 2. The van der Waals surface area contributed by atoms with E-state index >= 15 is 0 Å². The van der Waals surface area contributed by atoms with E-state index in [9.17, 15) is 41.0 Å². The molecule has 0 bridgehead atoms. The maximum Gasteiger partial charge on any atom is 0.434 e. The fraction of sp³-hybridized carbons (Fsp3) is 0.680. The van der Waals surface area contributed by atoms with Crippen molar-refractivity contribution in [3.05, 3.63) is 29.3 Å². The van der Waals surface area contributed by atoms with Crippen molar-refractivity contribution in [1.29, 1.82) is 0 Å². The molecule has 1 atom stereocenters. The standard InChI is InChI=1S/C25H31F6N3O4/c1-16-5-6-17(19(12-16)34-9-3-2-4-18(34)20(35)36)13-32-14-23(15-32)7-10-33(11-8-23)22(37)38-21(24(26,27)28)25(29,30)31/h5-6,12,18,21H,2-4,7-11,13-15H2,1H3,(H,35,36). The van der Waals surface area contributed by atoms with Crippen LogP contribution in [0.3, 0.4) is 0 Å². The molecular formula is C25H31F6N3O4. The minimum atomic E-state index is -5.74. The van der Waals surface area contributed by atoms with Gasteiger partial charge in [0.15, 0.2) is 0 Å². The van der Waals surface area contributed by atoms with Gasteiger partial charge >= 0.3 is 24.4 Å². The first-order chi connectivity index (χ1) is 17.7. The van der Waals surface area contributed by atoms with Gasteiger partial charge in [-0.05, 0) is 61.6 Å². The zero-order valence-corrected chi connectivity index (χ0v) is 20.9. The Kier molecular flexibility index (Phi) is 7.79. The summed E-state index contributed by atoms with van der Waals surface area (Å²) in [6.07, 6.45) is -14.0. The highest BCUT2D eigenvalue weighted by atomic mass is 19.4. The molecular weight excluding hydrogens is 520 g/mol. The van der Waals surface area contributed by atoms with Gasteiger partial charge in [0.2, 0.25) is 0 Å². The molecule has 4 rings (SSSR count). The van der Waals surface area contributed by atoms with E-state index in [0.717, 1.165) is 34.6 Å². The minimum absolute atomic E-state index is 0.0129. The van der Waals surface area contributed by atoms with Gasteiger partial charge in [-0.25, -0.2) is 9.59 Å². The van der Waals surface area contributed by atoms with Gasteiger partial charge in [0.1, 0.15) is 6.04 Å². The fourth-order valence-corrected chi connectivity index (χ4v) is 5.78. The van der Waals surface area contributed by atoms with Crippen molar-refractivity contribution < 1.29 is 45.8 Å². The third-order valence-electron chi connectivity index (χ3n) is 7.75. The van der Waals surface area contributed by atoms with Crippen LogP contribution in [-0.2, 0) is 16.1 Å². The van der Waals surface area contributed by atoms with E-state index in [0.29, 0.717) is 45.4 Å². The molecule has 0 aliphatic carbocycles. The molecule has 3 saturated heterocycles. The zero-order chi connectivity index (χ0) is 27.9. The smallest absolute Gasteiger partial charge is 0.434 e. The molecule has 13 heteroatoms. The summed E-state index contributed by atoms with van der Waals surface area (Å²) in [5.41, 5.74) is 2.75. The van der Waals surface area contributed by atoms with E-state index < -0.39 is 36.6 Å². The number of carbonyl (C=O) groups excluding carboxylic acids is 1. The zero-order valence-electron chi connectivity index (χ0n) is 20.9. The summed E-state index contributed by atoms with van der Waals surface area (Å²) >= 11 is 0. The van der Waals surface area contributed by atoms with Crippen LogP contribution in [0.2, 0.25) is 0 Å². The molecule has 1 unspecified atom stereocenters. The summed E-state index contributed by atoms with van der Waals surface area (Å²) in [4.78, 5) is 29.0. The number of carbonyl (C=O) groups is 2. The Balaban J connectivity index is 1.34. The molecule has 1 spiro atoms. The van der Waals surface area contributed by atoms with Crippen molar-refractivity contribution in [2.24, 2.45) is 5.41 Å². The number of aryl methyl sites for hydroxylation is 1. The van der Waals surface area contributed by atoms with Gasteiger partial charge in [-0.1, -0.05) is 12.1 Å². The highest BCUT2D eigenvalue weighted by molar-refractivity contribution is 5.79. The highest BCUT2D eigenvalue weighted by Gasteiger charge is 2.60. The lowest BCUT2D eigenvalue weighted by Crippen LogP contribution is -2.60. The molecule has 1 aromatic carbocycles. The number of hydrogen-bond donors (Lipinski definition) is 1. The van der Waals surface area contributed by atoms with Gasteiger partial charge in [0.25, 0.3) is 6.10 Å². The van der Waals surface area contributed by atoms with E-state index in [2.05, 4.69) is 9.64 Å². The van der Waals surface area contributed by atoms with E-state index in [1.54, 1.807) is 0 Å². The second kappa shape index (κ2) is 10.5. The largest absolute Gasteiger partial charge is 0.480 e. The Morgan fingerprint density at radius 3 is 2.26 bits per heavy atom. The lowest BCUT2D eigenvalue weighted by atomic mass is 9.72. The second-order valence-electron chi connectivity index (χ2n) is 10.7. The number of amides is 1. The van der Waals surface area contributed by atoms with Crippen molar-refractivity contribution >= 4 is 17.7 Å². The summed E-state index contributed by atoms with van der Waals surface area (Å²) in [5, 5.41) is 9.72. The Bertz CT molecular complexity index is 1020. The topological polar surface area (TPSA) is 73.3 Å². The molecule has 3 heterocycles. The number of benzene rings is 1. The molecule has 0 aromatic heterocycles. The first-order valence-corrected chi connectivity index (χ1v) is 12.6. The number of carboxylic acids is 1. The van der Waals surface area contributed by atoms with Crippen LogP contribution in [0.25, 0.3) is 0 Å². The molecule has 1 amide bonds. The summed E-state index contributed by atoms with van der Waals surface area (Å²) < 4.78 is 80.2. The molecule has 7 nitrogen and oxygen atoms in total. The van der Waals surface area contributed by atoms with Crippen molar-refractivity contribution in [2.75, 3.05) is 37.6 Å². The maximum atomic E-state index is 12.7. The Hall–Kier alpha value is -2.70. The van der Waals surface area contributed by atoms with Crippen LogP contribution >= 0.6 is 0 Å². The van der Waals surface area contributed by atoms with E-state index in [4.69, 9.17) is 0 Å². The number of anilines is 1. The minimum Gasteiger partial charge on any atom is -0.480 e. The van der Waals surface area contributed by atoms with Crippen LogP contribution in [0.5, 0.6) is 0 Å². The van der Waals surface area contributed by atoms with Crippen molar-refractivity contribution in [2.45, 2.75) is 70.1 Å². The average molecular weight is 552 g/mol. The van der Waals surface area contributed by atoms with Gasteiger partial charge in [-0.3, -0.25) is 4.90 Å². The van der Waals surface area contributed by atoms with E-state index in [1.807, 2.05) is 30.0 Å². The normalized spacial score (nSPS) is 22.5. The Labute approximate surface area is 216 Å². The molecule has 3 fully saturated rings. The molecule has 3 aliphatic heterocycles. The molecule has 1 N–H and O–H groups in total. The third-order valence-corrected chi connectivity index (χ3v) is 7.75.